The summed E-state index contributed by atoms with van der Waals surface area (Å²) in [6, 6.07) is 3.11. The summed E-state index contributed by atoms with van der Waals surface area (Å²) in [4.78, 5) is 14.3. The van der Waals surface area contributed by atoms with E-state index in [0.717, 1.165) is 18.4 Å². The van der Waals surface area contributed by atoms with Crippen LogP contribution in [0.15, 0.2) is 17.0 Å². The predicted octanol–water partition coefficient (Wildman–Crippen LogP) is 1.45. The van der Waals surface area contributed by atoms with Crippen LogP contribution in [0.25, 0.3) is 0 Å². The number of unbranched alkanes of at least 4 members (excludes halogenated alkanes) is 1. The van der Waals surface area contributed by atoms with Gasteiger partial charge in [0, 0.05) is 18.7 Å². The lowest BCUT2D eigenvalue weighted by atomic mass is 10.1. The standard InChI is InChI=1S/C16H26N2O4S/c1-5-6-7-18(8-9-19)16(20)14-10-12(2)13(3)15(11-14)23(21,22)17-4/h10-11,17,19H,5-9H2,1-4H3. The molecule has 0 aromatic heterocycles. The van der Waals surface area contributed by atoms with Gasteiger partial charge in [-0.25, -0.2) is 13.1 Å². The second-order valence-corrected chi connectivity index (χ2v) is 7.35. The van der Waals surface area contributed by atoms with Crippen molar-refractivity contribution in [1.29, 1.82) is 0 Å². The Morgan fingerprint density at radius 2 is 1.91 bits per heavy atom. The number of aliphatic hydroxyl groups is 1. The number of carbonyl (C=O) groups excluding carboxylic acids is 1. The van der Waals surface area contributed by atoms with Crippen molar-refractivity contribution in [1.82, 2.24) is 9.62 Å². The summed E-state index contributed by atoms with van der Waals surface area (Å²) in [6.45, 7) is 6.17. The SMILES string of the molecule is CCCCN(CCO)C(=O)c1cc(C)c(C)c(S(=O)(=O)NC)c1. The predicted molar refractivity (Wildman–Crippen MR) is 90.1 cm³/mol. The molecule has 0 aliphatic carbocycles. The molecule has 0 bridgehead atoms. The number of aryl methyl sites for hydroxylation is 1. The van der Waals surface area contributed by atoms with E-state index in [-0.39, 0.29) is 24.0 Å². The first-order valence-electron chi connectivity index (χ1n) is 7.73. The highest BCUT2D eigenvalue weighted by Gasteiger charge is 2.21. The van der Waals surface area contributed by atoms with Crippen molar-refractivity contribution in [2.75, 3.05) is 26.7 Å². The zero-order chi connectivity index (χ0) is 17.6. The maximum Gasteiger partial charge on any atom is 0.253 e. The minimum absolute atomic E-state index is 0.114. The van der Waals surface area contributed by atoms with Gasteiger partial charge in [0.25, 0.3) is 5.91 Å². The number of nitrogens with zero attached hydrogens (tertiary/aromatic N) is 1. The lowest BCUT2D eigenvalue weighted by Crippen LogP contribution is -2.34. The third-order valence-corrected chi connectivity index (χ3v) is 5.40. The molecule has 0 heterocycles. The number of sulfonamides is 1. The number of amides is 1. The van der Waals surface area contributed by atoms with Gasteiger partial charge >= 0.3 is 0 Å². The summed E-state index contributed by atoms with van der Waals surface area (Å²) in [5.74, 6) is -0.261. The first-order valence-corrected chi connectivity index (χ1v) is 9.21. The number of hydrogen-bond donors (Lipinski definition) is 2. The Balaban J connectivity index is 3.28. The summed E-state index contributed by atoms with van der Waals surface area (Å²) in [6.07, 6.45) is 1.76. The molecule has 1 amide bonds. The fraction of sp³-hybridized carbons (Fsp3) is 0.562. The van der Waals surface area contributed by atoms with E-state index in [0.29, 0.717) is 17.7 Å². The number of rotatable bonds is 8. The molecule has 1 aromatic rings. The molecule has 1 rings (SSSR count). The van der Waals surface area contributed by atoms with Crippen LogP contribution in [0, 0.1) is 13.8 Å². The van der Waals surface area contributed by atoms with Crippen LogP contribution >= 0.6 is 0 Å². The van der Waals surface area contributed by atoms with Crippen LogP contribution in [0.5, 0.6) is 0 Å². The highest BCUT2D eigenvalue weighted by molar-refractivity contribution is 7.89. The zero-order valence-electron chi connectivity index (χ0n) is 14.2. The Kier molecular flexibility index (Phi) is 7.18. The van der Waals surface area contributed by atoms with E-state index in [1.807, 2.05) is 6.92 Å². The normalized spacial score (nSPS) is 11.5. The van der Waals surface area contributed by atoms with Crippen LogP contribution in [0.2, 0.25) is 0 Å². The summed E-state index contributed by atoms with van der Waals surface area (Å²) < 4.78 is 26.6. The smallest absolute Gasteiger partial charge is 0.253 e. The van der Waals surface area contributed by atoms with E-state index in [4.69, 9.17) is 5.11 Å². The summed E-state index contributed by atoms with van der Waals surface area (Å²) in [7, 11) is -2.29. The first kappa shape index (κ1) is 19.6. The molecule has 6 nitrogen and oxygen atoms in total. The Labute approximate surface area is 138 Å². The van der Waals surface area contributed by atoms with Gasteiger partial charge in [0.15, 0.2) is 0 Å². The molecule has 0 atom stereocenters. The number of carbonyl (C=O) groups is 1. The third kappa shape index (κ3) is 4.76. The van der Waals surface area contributed by atoms with E-state index < -0.39 is 10.0 Å². The van der Waals surface area contributed by atoms with Crippen LogP contribution in [0.3, 0.4) is 0 Å². The van der Waals surface area contributed by atoms with Gasteiger partial charge in [0.1, 0.15) is 0 Å². The average molecular weight is 342 g/mol. The molecule has 0 radical (unpaired) electrons. The Morgan fingerprint density at radius 1 is 1.26 bits per heavy atom. The van der Waals surface area contributed by atoms with E-state index >= 15 is 0 Å². The van der Waals surface area contributed by atoms with Crippen molar-refractivity contribution >= 4 is 15.9 Å². The molecule has 0 aliphatic rings. The Hall–Kier alpha value is -1.44. The van der Waals surface area contributed by atoms with Crippen molar-refractivity contribution < 1.29 is 18.3 Å². The van der Waals surface area contributed by atoms with Crippen molar-refractivity contribution in [2.45, 2.75) is 38.5 Å². The molecule has 0 fully saturated rings. The number of hydrogen-bond acceptors (Lipinski definition) is 4. The first-order chi connectivity index (χ1) is 10.8. The average Bonchev–Trinajstić information content (AvgIpc) is 2.52. The number of aliphatic hydroxyl groups excluding tert-OH is 1. The van der Waals surface area contributed by atoms with Crippen LogP contribution in [-0.4, -0.2) is 51.1 Å². The van der Waals surface area contributed by atoms with Gasteiger partial charge in [-0.15, -0.1) is 0 Å². The minimum Gasteiger partial charge on any atom is -0.395 e. The quantitative estimate of drug-likeness (QED) is 0.748. The summed E-state index contributed by atoms with van der Waals surface area (Å²) >= 11 is 0. The van der Waals surface area contributed by atoms with E-state index in [9.17, 15) is 13.2 Å². The van der Waals surface area contributed by atoms with Crippen LogP contribution in [0.4, 0.5) is 0 Å². The van der Waals surface area contributed by atoms with Crippen molar-refractivity contribution in [3.63, 3.8) is 0 Å². The minimum atomic E-state index is -3.63. The highest BCUT2D eigenvalue weighted by Crippen LogP contribution is 2.22. The molecule has 0 spiro atoms. The molecule has 0 saturated heterocycles. The van der Waals surface area contributed by atoms with Gasteiger partial charge in [-0.1, -0.05) is 13.3 Å². The van der Waals surface area contributed by atoms with Crippen molar-refractivity contribution in [3.8, 4) is 0 Å². The van der Waals surface area contributed by atoms with Gasteiger partial charge in [0.05, 0.1) is 11.5 Å². The monoisotopic (exact) mass is 342 g/mol. The Bertz CT molecular complexity index is 656. The number of benzene rings is 1. The maximum atomic E-state index is 12.7. The fourth-order valence-electron chi connectivity index (χ4n) is 2.31. The molecule has 0 unspecified atom stereocenters. The molecule has 0 saturated carbocycles. The second kappa shape index (κ2) is 8.42. The lowest BCUT2D eigenvalue weighted by Gasteiger charge is -2.22. The van der Waals surface area contributed by atoms with Crippen molar-refractivity contribution in [2.24, 2.45) is 0 Å². The summed E-state index contributed by atoms with van der Waals surface area (Å²) in [5.41, 5.74) is 1.69. The third-order valence-electron chi connectivity index (χ3n) is 3.86. The van der Waals surface area contributed by atoms with E-state index in [2.05, 4.69) is 4.72 Å². The highest BCUT2D eigenvalue weighted by atomic mass is 32.2. The maximum absolute atomic E-state index is 12.7. The van der Waals surface area contributed by atoms with Gasteiger partial charge in [-0.2, -0.15) is 0 Å². The van der Waals surface area contributed by atoms with Gasteiger partial charge in [0.2, 0.25) is 10.0 Å². The molecule has 130 valence electrons. The molecular formula is C16H26N2O4S. The summed E-state index contributed by atoms with van der Waals surface area (Å²) in [5, 5.41) is 9.15. The molecular weight excluding hydrogens is 316 g/mol. The topological polar surface area (TPSA) is 86.7 Å². The Morgan fingerprint density at radius 3 is 2.43 bits per heavy atom. The van der Waals surface area contributed by atoms with E-state index in [1.165, 1.54) is 13.1 Å². The van der Waals surface area contributed by atoms with E-state index in [1.54, 1.807) is 24.8 Å². The largest absolute Gasteiger partial charge is 0.395 e. The van der Waals surface area contributed by atoms with Crippen molar-refractivity contribution in [3.05, 3.63) is 28.8 Å². The van der Waals surface area contributed by atoms with Gasteiger partial charge in [-0.05, 0) is 50.6 Å². The van der Waals surface area contributed by atoms with Gasteiger partial charge < -0.3 is 10.0 Å². The van der Waals surface area contributed by atoms with Crippen LogP contribution in [0.1, 0.15) is 41.3 Å². The molecule has 1 aromatic carbocycles. The van der Waals surface area contributed by atoms with Crippen LogP contribution in [-0.2, 0) is 10.0 Å². The lowest BCUT2D eigenvalue weighted by molar-refractivity contribution is 0.0719. The zero-order valence-corrected chi connectivity index (χ0v) is 15.0. The molecule has 23 heavy (non-hydrogen) atoms. The molecule has 0 aliphatic heterocycles. The number of nitrogens with one attached hydrogen (secondary N) is 1. The van der Waals surface area contributed by atoms with Crippen LogP contribution < -0.4 is 4.72 Å². The molecule has 7 heteroatoms. The second-order valence-electron chi connectivity index (χ2n) is 5.49. The van der Waals surface area contributed by atoms with Gasteiger partial charge in [-0.3, -0.25) is 4.79 Å². The fourth-order valence-corrected chi connectivity index (χ4v) is 3.37. The molecule has 2 N–H and O–H groups in total.